The van der Waals surface area contributed by atoms with Crippen LogP contribution in [0.1, 0.15) is 28.9 Å². The molecule has 1 atom stereocenters. The molecule has 0 unspecified atom stereocenters. The molecule has 30 heavy (non-hydrogen) atoms. The lowest BCUT2D eigenvalue weighted by molar-refractivity contribution is -0.137. The molecule has 0 aliphatic carbocycles. The number of nitrogens with one attached hydrogen (secondary N) is 2. The zero-order chi connectivity index (χ0) is 21.4. The highest BCUT2D eigenvalue weighted by molar-refractivity contribution is 9.10. The number of amides is 2. The molecule has 1 heterocycles. The molecule has 0 aliphatic rings. The van der Waals surface area contributed by atoms with Gasteiger partial charge in [-0.25, -0.2) is 0 Å². The number of pyridine rings is 1. The number of ketones is 1. The van der Waals surface area contributed by atoms with Crippen LogP contribution in [0.3, 0.4) is 0 Å². The van der Waals surface area contributed by atoms with Crippen LogP contribution in [0.4, 0.5) is 5.69 Å². The first-order valence-electron chi connectivity index (χ1n) is 8.58. The van der Waals surface area contributed by atoms with E-state index in [1.54, 1.807) is 36.4 Å². The molecular weight excluding hydrogens is 524 g/mol. The molecule has 0 fully saturated rings. The highest BCUT2D eigenvalue weighted by Crippen LogP contribution is 2.20. The van der Waals surface area contributed by atoms with Crippen LogP contribution < -0.4 is 16.4 Å². The van der Waals surface area contributed by atoms with E-state index in [1.807, 2.05) is 0 Å². The van der Waals surface area contributed by atoms with E-state index < -0.39 is 23.8 Å². The first-order valence-corrected chi connectivity index (χ1v) is 9.37. The van der Waals surface area contributed by atoms with E-state index in [-0.39, 0.29) is 59.1 Å². The van der Waals surface area contributed by atoms with E-state index in [4.69, 9.17) is 10.8 Å². The van der Waals surface area contributed by atoms with Crippen molar-refractivity contribution in [1.82, 2.24) is 10.3 Å². The fourth-order valence-electron chi connectivity index (χ4n) is 2.36. The van der Waals surface area contributed by atoms with Gasteiger partial charge in [-0.3, -0.25) is 24.2 Å². The van der Waals surface area contributed by atoms with Crippen LogP contribution in [-0.4, -0.2) is 46.2 Å². The smallest absolute Gasteiger partial charge is 0.303 e. The lowest BCUT2D eigenvalue weighted by atomic mass is 10.1. The van der Waals surface area contributed by atoms with E-state index in [0.29, 0.717) is 4.47 Å². The summed E-state index contributed by atoms with van der Waals surface area (Å²) < 4.78 is 0.694. The Morgan fingerprint density at radius 1 is 1.17 bits per heavy atom. The van der Waals surface area contributed by atoms with Crippen LogP contribution in [-0.2, 0) is 14.4 Å². The third-order valence-electron chi connectivity index (χ3n) is 3.83. The van der Waals surface area contributed by atoms with Crippen molar-refractivity contribution < 1.29 is 24.3 Å². The van der Waals surface area contributed by atoms with Gasteiger partial charge in [0.25, 0.3) is 0 Å². The van der Waals surface area contributed by atoms with Crippen molar-refractivity contribution in [3.63, 3.8) is 0 Å². The standard InChI is InChI=1S/C19H19BrN4O5.BrH/c20-11-7-8-22-15(9-11)18(28)12-3-1-2-4-14(12)24-16(25)10-23-19(29)13(21)5-6-17(26)27;/h1-4,7-9,13H,5-6,10,21H2,(H,23,29)(H,24,25)(H,26,27);1H/t13-;/m0./s1. The summed E-state index contributed by atoms with van der Waals surface area (Å²) in [4.78, 5) is 51.3. The van der Waals surface area contributed by atoms with Gasteiger partial charge >= 0.3 is 5.97 Å². The number of carbonyl (C=O) groups excluding carboxylic acids is 3. The summed E-state index contributed by atoms with van der Waals surface area (Å²) in [7, 11) is 0. The first kappa shape index (κ1) is 25.4. The lowest BCUT2D eigenvalue weighted by Crippen LogP contribution is -2.43. The SMILES string of the molecule is Br.N[C@@H](CCC(=O)O)C(=O)NCC(=O)Nc1ccccc1C(=O)c1cc(Br)ccn1. The number of carbonyl (C=O) groups is 4. The molecule has 5 N–H and O–H groups in total. The Morgan fingerprint density at radius 3 is 2.53 bits per heavy atom. The Kier molecular flexibility index (Phi) is 10.3. The summed E-state index contributed by atoms with van der Waals surface area (Å²) in [6.45, 7) is -0.378. The van der Waals surface area contributed by atoms with E-state index in [2.05, 4.69) is 31.5 Å². The van der Waals surface area contributed by atoms with Gasteiger partial charge in [0.05, 0.1) is 18.3 Å². The number of halogens is 2. The largest absolute Gasteiger partial charge is 0.481 e. The van der Waals surface area contributed by atoms with Gasteiger partial charge < -0.3 is 21.5 Å². The molecule has 0 aliphatic heterocycles. The first-order chi connectivity index (χ1) is 13.8. The van der Waals surface area contributed by atoms with Gasteiger partial charge in [-0.05, 0) is 30.7 Å². The summed E-state index contributed by atoms with van der Waals surface area (Å²) in [5.41, 5.74) is 6.31. The number of carboxylic acids is 1. The van der Waals surface area contributed by atoms with Gasteiger partial charge in [0, 0.05) is 22.7 Å². The lowest BCUT2D eigenvalue weighted by Gasteiger charge is -2.13. The van der Waals surface area contributed by atoms with Crippen LogP contribution in [0.2, 0.25) is 0 Å². The molecule has 2 rings (SSSR count). The van der Waals surface area contributed by atoms with Crippen LogP contribution in [0.25, 0.3) is 0 Å². The van der Waals surface area contributed by atoms with Crippen molar-refractivity contribution >= 4 is 62.2 Å². The Morgan fingerprint density at radius 2 is 1.87 bits per heavy atom. The predicted molar refractivity (Wildman–Crippen MR) is 119 cm³/mol. The minimum atomic E-state index is -1.06. The van der Waals surface area contributed by atoms with Crippen molar-refractivity contribution in [1.29, 1.82) is 0 Å². The number of anilines is 1. The third kappa shape index (κ3) is 7.65. The minimum absolute atomic E-state index is 0. The van der Waals surface area contributed by atoms with Crippen molar-refractivity contribution in [3.8, 4) is 0 Å². The fourth-order valence-corrected chi connectivity index (χ4v) is 2.70. The van der Waals surface area contributed by atoms with Crippen LogP contribution in [0.5, 0.6) is 0 Å². The number of nitrogens with two attached hydrogens (primary N) is 1. The van der Waals surface area contributed by atoms with Gasteiger partial charge in [-0.2, -0.15) is 0 Å². The maximum atomic E-state index is 12.7. The highest BCUT2D eigenvalue weighted by atomic mass is 79.9. The number of hydrogen-bond donors (Lipinski definition) is 4. The highest BCUT2D eigenvalue weighted by Gasteiger charge is 2.18. The zero-order valence-electron chi connectivity index (χ0n) is 15.6. The second-order valence-electron chi connectivity index (χ2n) is 6.04. The van der Waals surface area contributed by atoms with Crippen molar-refractivity contribution in [3.05, 3.63) is 58.3 Å². The monoisotopic (exact) mass is 542 g/mol. The van der Waals surface area contributed by atoms with Crippen molar-refractivity contribution in [2.45, 2.75) is 18.9 Å². The molecule has 160 valence electrons. The topological polar surface area (TPSA) is 151 Å². The third-order valence-corrected chi connectivity index (χ3v) is 4.32. The van der Waals surface area contributed by atoms with Gasteiger partial charge in [0.2, 0.25) is 17.6 Å². The molecule has 2 aromatic rings. The molecular formula is C19H20Br2N4O5. The normalized spacial score (nSPS) is 11.0. The number of aromatic nitrogens is 1. The minimum Gasteiger partial charge on any atom is -0.481 e. The predicted octanol–water partition coefficient (Wildman–Crippen LogP) is 1.90. The molecule has 0 saturated heterocycles. The summed E-state index contributed by atoms with van der Waals surface area (Å²) in [5.74, 6) is -2.63. The molecule has 1 aromatic heterocycles. The molecule has 11 heteroatoms. The Labute approximate surface area is 191 Å². The van der Waals surface area contributed by atoms with E-state index in [9.17, 15) is 19.2 Å². The van der Waals surface area contributed by atoms with Crippen molar-refractivity contribution in [2.75, 3.05) is 11.9 Å². The van der Waals surface area contributed by atoms with E-state index >= 15 is 0 Å². The van der Waals surface area contributed by atoms with E-state index in [0.717, 1.165) is 0 Å². The molecule has 0 radical (unpaired) electrons. The van der Waals surface area contributed by atoms with E-state index in [1.165, 1.54) is 6.20 Å². The molecule has 9 nitrogen and oxygen atoms in total. The summed E-state index contributed by atoms with van der Waals surface area (Å²) in [6.07, 6.45) is 1.20. The number of benzene rings is 1. The van der Waals surface area contributed by atoms with Crippen LogP contribution in [0.15, 0.2) is 47.1 Å². The maximum Gasteiger partial charge on any atom is 0.303 e. The van der Waals surface area contributed by atoms with Crippen LogP contribution in [0, 0.1) is 0 Å². The van der Waals surface area contributed by atoms with Crippen molar-refractivity contribution in [2.24, 2.45) is 5.73 Å². The number of nitrogens with zero attached hydrogens (tertiary/aromatic N) is 1. The number of aliphatic carboxylic acids is 1. The van der Waals surface area contributed by atoms with Gasteiger partial charge in [-0.15, -0.1) is 17.0 Å². The average molecular weight is 544 g/mol. The summed E-state index contributed by atoms with van der Waals surface area (Å²) in [5, 5.41) is 13.5. The average Bonchev–Trinajstić information content (AvgIpc) is 2.70. The number of carboxylic acid groups (broad SMARTS) is 1. The molecule has 0 spiro atoms. The Hall–Kier alpha value is -2.63. The Bertz CT molecular complexity index is 939. The van der Waals surface area contributed by atoms with Gasteiger partial charge in [0.1, 0.15) is 5.69 Å². The fraction of sp³-hybridized carbons (Fsp3) is 0.211. The number of para-hydroxylation sites is 1. The van der Waals surface area contributed by atoms with Gasteiger partial charge in [-0.1, -0.05) is 28.1 Å². The number of rotatable bonds is 9. The quantitative estimate of drug-likeness (QED) is 0.352. The second-order valence-corrected chi connectivity index (χ2v) is 6.95. The molecule has 2 amide bonds. The molecule has 0 bridgehead atoms. The Balaban J connectivity index is 0.00000450. The summed E-state index contributed by atoms with van der Waals surface area (Å²) in [6, 6.07) is 8.65. The number of hydrogen-bond acceptors (Lipinski definition) is 6. The van der Waals surface area contributed by atoms with Crippen LogP contribution >= 0.6 is 32.9 Å². The molecule has 1 aromatic carbocycles. The molecule has 0 saturated carbocycles. The summed E-state index contributed by atoms with van der Waals surface area (Å²) >= 11 is 3.28. The maximum absolute atomic E-state index is 12.7. The van der Waals surface area contributed by atoms with Gasteiger partial charge in [0.15, 0.2) is 0 Å². The second kappa shape index (κ2) is 12.2. The zero-order valence-corrected chi connectivity index (χ0v) is 18.9.